The van der Waals surface area contributed by atoms with Crippen LogP contribution < -0.4 is 10.6 Å². The number of nitrogens with one attached hydrogen (secondary N) is 2. The first-order valence-corrected chi connectivity index (χ1v) is 9.08. The molecule has 0 bridgehead atoms. The van der Waals surface area contributed by atoms with E-state index in [0.717, 1.165) is 21.3 Å². The highest BCUT2D eigenvalue weighted by Gasteiger charge is 2.17. The van der Waals surface area contributed by atoms with Gasteiger partial charge in [-0.15, -0.1) is 11.3 Å². The van der Waals surface area contributed by atoms with Crippen LogP contribution in [-0.4, -0.2) is 18.2 Å². The molecule has 0 amide bonds. The van der Waals surface area contributed by atoms with Crippen LogP contribution in [0.15, 0.2) is 48.5 Å². The summed E-state index contributed by atoms with van der Waals surface area (Å²) in [5, 5.41) is 8.07. The Kier molecular flexibility index (Phi) is 5.53. The molecule has 1 heterocycles. The van der Waals surface area contributed by atoms with Crippen LogP contribution in [-0.2, 0) is 11.3 Å². The zero-order valence-corrected chi connectivity index (χ0v) is 15.7. The summed E-state index contributed by atoms with van der Waals surface area (Å²) >= 11 is 12.9. The average molecular weight is 391 g/mol. The predicted octanol–water partition coefficient (Wildman–Crippen LogP) is 4.83. The number of esters is 1. The Morgan fingerprint density at radius 3 is 2.72 bits per heavy atom. The fourth-order valence-corrected chi connectivity index (χ4v) is 3.98. The van der Waals surface area contributed by atoms with Gasteiger partial charge in [-0.25, -0.2) is 4.79 Å². The monoisotopic (exact) mass is 390 g/mol. The fourth-order valence-electron chi connectivity index (χ4n) is 2.32. The van der Waals surface area contributed by atoms with Crippen molar-refractivity contribution >= 4 is 62.0 Å². The smallest absolute Gasteiger partial charge is 0.349 e. The number of thiocarbonyl (C=S) groups is 1. The Morgan fingerprint density at radius 2 is 2.00 bits per heavy atom. The third-order valence-electron chi connectivity index (χ3n) is 3.55. The van der Waals surface area contributed by atoms with Gasteiger partial charge in [-0.05, 0) is 36.0 Å². The highest BCUT2D eigenvalue weighted by molar-refractivity contribution is 7.80. The van der Waals surface area contributed by atoms with Gasteiger partial charge in [0.05, 0.1) is 12.1 Å². The van der Waals surface area contributed by atoms with E-state index in [0.29, 0.717) is 21.6 Å². The standard InChI is InChI=1S/C18H15ClN2O2S2/c1-23-17(22)16-15(19)13-8-7-12(9-14(13)25-16)21-18(24)20-10-11-5-3-2-4-6-11/h2-9H,10H2,1H3,(H2,20,21,24). The normalized spacial score (nSPS) is 10.5. The van der Waals surface area contributed by atoms with Crippen LogP contribution in [0.2, 0.25) is 5.02 Å². The van der Waals surface area contributed by atoms with Crippen LogP contribution in [0.5, 0.6) is 0 Å². The molecule has 7 heteroatoms. The molecule has 0 unspecified atom stereocenters. The van der Waals surface area contributed by atoms with Crippen LogP contribution in [0.4, 0.5) is 5.69 Å². The Bertz CT molecular complexity index is 925. The van der Waals surface area contributed by atoms with Gasteiger partial charge in [0.15, 0.2) is 5.11 Å². The Labute approximate surface area is 159 Å². The molecule has 0 fully saturated rings. The van der Waals surface area contributed by atoms with E-state index in [9.17, 15) is 4.79 Å². The van der Waals surface area contributed by atoms with E-state index in [4.69, 9.17) is 28.6 Å². The number of carbonyl (C=O) groups is 1. The van der Waals surface area contributed by atoms with E-state index in [-0.39, 0.29) is 0 Å². The van der Waals surface area contributed by atoms with Crippen LogP contribution in [0.1, 0.15) is 15.2 Å². The summed E-state index contributed by atoms with van der Waals surface area (Å²) in [6, 6.07) is 15.7. The molecule has 0 aliphatic rings. The summed E-state index contributed by atoms with van der Waals surface area (Å²) in [6.45, 7) is 0.645. The summed E-state index contributed by atoms with van der Waals surface area (Å²) in [4.78, 5) is 12.1. The number of anilines is 1. The third kappa shape index (κ3) is 4.10. The molecule has 0 atom stereocenters. The van der Waals surface area contributed by atoms with Gasteiger partial charge in [0.2, 0.25) is 0 Å². The molecular weight excluding hydrogens is 376 g/mol. The largest absolute Gasteiger partial charge is 0.465 e. The number of carbonyl (C=O) groups excluding carboxylic acids is 1. The highest BCUT2D eigenvalue weighted by atomic mass is 35.5. The lowest BCUT2D eigenvalue weighted by Gasteiger charge is -2.10. The van der Waals surface area contributed by atoms with Gasteiger partial charge in [-0.1, -0.05) is 41.9 Å². The molecular formula is C18H15ClN2O2S2. The van der Waals surface area contributed by atoms with E-state index >= 15 is 0 Å². The second kappa shape index (κ2) is 7.82. The molecule has 1 aromatic heterocycles. The molecule has 0 spiro atoms. The van der Waals surface area contributed by atoms with Crippen molar-refractivity contribution in [2.24, 2.45) is 0 Å². The van der Waals surface area contributed by atoms with Gasteiger partial charge in [0, 0.05) is 22.3 Å². The number of thiophene rings is 1. The number of benzene rings is 2. The van der Waals surface area contributed by atoms with Crippen molar-refractivity contribution in [2.45, 2.75) is 6.54 Å². The van der Waals surface area contributed by atoms with Gasteiger partial charge < -0.3 is 15.4 Å². The van der Waals surface area contributed by atoms with Crippen LogP contribution >= 0.6 is 35.2 Å². The molecule has 4 nitrogen and oxygen atoms in total. The van der Waals surface area contributed by atoms with E-state index in [2.05, 4.69) is 10.6 Å². The minimum atomic E-state index is -0.430. The summed E-state index contributed by atoms with van der Waals surface area (Å²) in [6.07, 6.45) is 0. The van der Waals surface area contributed by atoms with Crippen LogP contribution in [0.25, 0.3) is 10.1 Å². The molecule has 2 N–H and O–H groups in total. The topological polar surface area (TPSA) is 50.4 Å². The number of halogens is 1. The number of hydrogen-bond acceptors (Lipinski definition) is 4. The second-order valence-corrected chi connectivity index (χ2v) is 7.08. The van der Waals surface area contributed by atoms with Gasteiger partial charge in [-0.2, -0.15) is 0 Å². The molecule has 0 saturated carbocycles. The molecule has 0 saturated heterocycles. The average Bonchev–Trinajstić information content (AvgIpc) is 2.96. The zero-order valence-electron chi connectivity index (χ0n) is 13.3. The van der Waals surface area contributed by atoms with Crippen molar-refractivity contribution in [1.82, 2.24) is 5.32 Å². The molecule has 25 heavy (non-hydrogen) atoms. The SMILES string of the molecule is COC(=O)c1sc2cc(NC(=S)NCc3ccccc3)ccc2c1Cl. The lowest BCUT2D eigenvalue weighted by Crippen LogP contribution is -2.27. The Morgan fingerprint density at radius 1 is 1.24 bits per heavy atom. The number of rotatable bonds is 4. The summed E-state index contributed by atoms with van der Waals surface area (Å²) < 4.78 is 5.65. The van der Waals surface area contributed by atoms with E-state index in [1.807, 2.05) is 48.5 Å². The second-order valence-electron chi connectivity index (χ2n) is 5.24. The van der Waals surface area contributed by atoms with Crippen molar-refractivity contribution in [3.05, 3.63) is 64.0 Å². The maximum absolute atomic E-state index is 11.7. The first-order chi connectivity index (χ1) is 12.1. The number of methoxy groups -OCH3 is 1. The van der Waals surface area contributed by atoms with E-state index in [1.165, 1.54) is 18.4 Å². The number of hydrogen-bond donors (Lipinski definition) is 2. The zero-order chi connectivity index (χ0) is 17.8. The Balaban J connectivity index is 1.71. The summed E-state index contributed by atoms with van der Waals surface area (Å²) in [5.41, 5.74) is 1.97. The molecule has 0 aliphatic carbocycles. The molecule has 2 aromatic carbocycles. The molecule has 0 radical (unpaired) electrons. The quantitative estimate of drug-likeness (QED) is 0.493. The van der Waals surface area contributed by atoms with Crippen molar-refractivity contribution in [2.75, 3.05) is 12.4 Å². The lowest BCUT2D eigenvalue weighted by molar-refractivity contribution is 0.0606. The van der Waals surface area contributed by atoms with Gasteiger partial charge >= 0.3 is 5.97 Å². The van der Waals surface area contributed by atoms with Crippen molar-refractivity contribution in [3.63, 3.8) is 0 Å². The summed E-state index contributed by atoms with van der Waals surface area (Å²) in [5.74, 6) is -0.430. The molecule has 128 valence electrons. The van der Waals surface area contributed by atoms with E-state index in [1.54, 1.807) is 0 Å². The Hall–Kier alpha value is -2.15. The minimum Gasteiger partial charge on any atom is -0.465 e. The van der Waals surface area contributed by atoms with Crippen LogP contribution in [0, 0.1) is 0 Å². The summed E-state index contributed by atoms with van der Waals surface area (Å²) in [7, 11) is 1.34. The van der Waals surface area contributed by atoms with Crippen molar-refractivity contribution in [3.8, 4) is 0 Å². The molecule has 3 aromatic rings. The van der Waals surface area contributed by atoms with Crippen molar-refractivity contribution in [1.29, 1.82) is 0 Å². The maximum Gasteiger partial charge on any atom is 0.349 e. The number of fused-ring (bicyclic) bond motifs is 1. The third-order valence-corrected chi connectivity index (χ3v) is 5.44. The number of ether oxygens (including phenoxy) is 1. The highest BCUT2D eigenvalue weighted by Crippen LogP contribution is 2.37. The molecule has 0 aliphatic heterocycles. The first kappa shape index (κ1) is 17.7. The molecule has 3 rings (SSSR count). The van der Waals surface area contributed by atoms with Gasteiger partial charge in [0.1, 0.15) is 4.88 Å². The van der Waals surface area contributed by atoms with Gasteiger partial charge in [-0.3, -0.25) is 0 Å². The first-order valence-electron chi connectivity index (χ1n) is 7.47. The van der Waals surface area contributed by atoms with Crippen LogP contribution in [0.3, 0.4) is 0 Å². The van der Waals surface area contributed by atoms with Crippen molar-refractivity contribution < 1.29 is 9.53 Å². The fraction of sp³-hybridized carbons (Fsp3) is 0.111. The van der Waals surface area contributed by atoms with E-state index < -0.39 is 5.97 Å². The van der Waals surface area contributed by atoms with Gasteiger partial charge in [0.25, 0.3) is 0 Å². The lowest BCUT2D eigenvalue weighted by atomic mass is 10.2. The minimum absolute atomic E-state index is 0.404. The maximum atomic E-state index is 11.7. The predicted molar refractivity (Wildman–Crippen MR) is 108 cm³/mol.